The number of ketones is 1. The first-order valence-corrected chi connectivity index (χ1v) is 25.3. The number of carbonyl (C=O) groups is 2. The second-order valence-corrected chi connectivity index (χ2v) is 17.1. The van der Waals surface area contributed by atoms with Gasteiger partial charge in [0.05, 0.1) is 6.61 Å². The number of Topliss-reactive ketones (excluding diaryl/α,β-unsaturated/α-hetero) is 1. The molecule has 0 aromatic rings. The Morgan fingerprint density at radius 2 is 0.709 bits per heavy atom. The van der Waals surface area contributed by atoms with Crippen LogP contribution in [0.15, 0.2) is 0 Å². The summed E-state index contributed by atoms with van der Waals surface area (Å²) in [6, 6.07) is 0.463. The van der Waals surface area contributed by atoms with Crippen molar-refractivity contribution in [2.24, 2.45) is 11.7 Å². The molecule has 0 heterocycles. The second-order valence-electron chi connectivity index (χ2n) is 17.1. The van der Waals surface area contributed by atoms with E-state index in [0.717, 1.165) is 25.7 Å². The molecule has 0 saturated heterocycles. The molecular formula is C51H105NO3. The molecule has 0 bridgehead atoms. The van der Waals surface area contributed by atoms with Crippen LogP contribution in [0, 0.1) is 5.92 Å². The molecule has 0 radical (unpaired) electrons. The van der Waals surface area contributed by atoms with Crippen LogP contribution < -0.4 is 5.73 Å². The van der Waals surface area contributed by atoms with E-state index in [1.54, 1.807) is 0 Å². The van der Waals surface area contributed by atoms with E-state index >= 15 is 0 Å². The highest BCUT2D eigenvalue weighted by atomic mass is 16.5. The highest BCUT2D eigenvalue weighted by molar-refractivity contribution is 5.78. The number of rotatable bonds is 43. The summed E-state index contributed by atoms with van der Waals surface area (Å²) in [5.41, 5.74) is 5.69. The van der Waals surface area contributed by atoms with Crippen LogP contribution in [0.5, 0.6) is 0 Å². The molecule has 4 nitrogen and oxygen atoms in total. The number of unbranched alkanes of at least 4 members (excludes halogenated alkanes) is 28. The van der Waals surface area contributed by atoms with Crippen molar-refractivity contribution in [3.63, 3.8) is 0 Å². The molecule has 0 aliphatic heterocycles. The second kappa shape index (κ2) is 55.2. The first kappa shape index (κ1) is 58.4. The van der Waals surface area contributed by atoms with Gasteiger partial charge in [-0.1, -0.05) is 260 Å². The molecule has 0 saturated carbocycles. The average molecular weight is 780 g/mol. The van der Waals surface area contributed by atoms with Crippen molar-refractivity contribution in [3.8, 4) is 0 Å². The Hall–Kier alpha value is -0.900. The maximum absolute atomic E-state index is 12.1. The van der Waals surface area contributed by atoms with Crippen LogP contribution in [0.1, 0.15) is 298 Å². The fraction of sp³-hybridized carbons (Fsp3) is 0.961. The van der Waals surface area contributed by atoms with Crippen LogP contribution in [0.2, 0.25) is 0 Å². The van der Waals surface area contributed by atoms with E-state index in [4.69, 9.17) is 5.73 Å². The Labute approximate surface area is 348 Å². The van der Waals surface area contributed by atoms with E-state index in [1.807, 2.05) is 0 Å². The Morgan fingerprint density at radius 3 is 1.00 bits per heavy atom. The summed E-state index contributed by atoms with van der Waals surface area (Å²) in [7, 11) is 0. The number of nitrogens with two attached hydrogens (primary N) is 1. The molecule has 0 aliphatic carbocycles. The molecule has 0 atom stereocenters. The molecule has 2 N–H and O–H groups in total. The summed E-state index contributed by atoms with van der Waals surface area (Å²) in [5, 5.41) is 0. The van der Waals surface area contributed by atoms with Gasteiger partial charge in [-0.05, 0) is 31.6 Å². The molecule has 4 heteroatoms. The van der Waals surface area contributed by atoms with E-state index in [1.165, 1.54) is 231 Å². The lowest BCUT2D eigenvalue weighted by atomic mass is 9.91. The molecule has 0 amide bonds. The predicted molar refractivity (Wildman–Crippen MR) is 247 cm³/mol. The molecule has 0 unspecified atom stereocenters. The van der Waals surface area contributed by atoms with Crippen molar-refractivity contribution in [3.05, 3.63) is 0 Å². The van der Waals surface area contributed by atoms with Crippen LogP contribution >= 0.6 is 0 Å². The standard InChI is InChI=1S/C26H52O.C18H36O2.C7H17N/c1-4-7-8-9-10-11-12-13-14-15-16-17-18-19-20-23-26(27)24-25(21-5-2)22-6-3;1-2-3-4-5-6-7-8-9-10-11-12-13-14-15-16-17-20-18-19;1-3-5-7(8)6-4-2/h25H,4-24H2,1-3H3;18H,2-17H2,1H3;7H,3-6,8H2,1-2H3. The van der Waals surface area contributed by atoms with Gasteiger partial charge in [0.15, 0.2) is 0 Å². The van der Waals surface area contributed by atoms with Crippen LogP contribution in [0.25, 0.3) is 0 Å². The largest absolute Gasteiger partial charge is 0.468 e. The molecule has 0 fully saturated rings. The Morgan fingerprint density at radius 1 is 0.418 bits per heavy atom. The number of hydrogen-bond acceptors (Lipinski definition) is 4. The Kier molecular flexibility index (Phi) is 58.6. The van der Waals surface area contributed by atoms with Gasteiger partial charge in [-0.25, -0.2) is 0 Å². The van der Waals surface area contributed by atoms with E-state index < -0.39 is 0 Å². The minimum absolute atomic E-state index is 0.463. The van der Waals surface area contributed by atoms with Crippen molar-refractivity contribution < 1.29 is 14.3 Å². The van der Waals surface area contributed by atoms with Gasteiger partial charge < -0.3 is 10.5 Å². The Bertz CT molecular complexity index is 671. The van der Waals surface area contributed by atoms with Gasteiger partial charge in [0, 0.05) is 18.9 Å². The number of hydrogen-bond donors (Lipinski definition) is 1. The van der Waals surface area contributed by atoms with Gasteiger partial charge in [-0.3, -0.25) is 9.59 Å². The van der Waals surface area contributed by atoms with E-state index in [-0.39, 0.29) is 0 Å². The molecule has 0 aromatic carbocycles. The van der Waals surface area contributed by atoms with Crippen LogP contribution in [0.4, 0.5) is 0 Å². The first-order chi connectivity index (χ1) is 27.0. The normalized spacial score (nSPS) is 11.0. The van der Waals surface area contributed by atoms with Gasteiger partial charge in [-0.15, -0.1) is 0 Å². The van der Waals surface area contributed by atoms with Gasteiger partial charge >= 0.3 is 0 Å². The summed E-state index contributed by atoms with van der Waals surface area (Å²) in [6.07, 6.45) is 52.7. The lowest BCUT2D eigenvalue weighted by molar-refractivity contribution is -0.128. The van der Waals surface area contributed by atoms with Gasteiger partial charge in [0.25, 0.3) is 6.47 Å². The van der Waals surface area contributed by atoms with Gasteiger partial charge in [-0.2, -0.15) is 0 Å². The zero-order valence-corrected chi connectivity index (χ0v) is 39.0. The van der Waals surface area contributed by atoms with Crippen LogP contribution in [-0.4, -0.2) is 24.9 Å². The van der Waals surface area contributed by atoms with Crippen LogP contribution in [0.3, 0.4) is 0 Å². The van der Waals surface area contributed by atoms with E-state index in [0.29, 0.717) is 30.8 Å². The lowest BCUT2D eigenvalue weighted by Gasteiger charge is -2.14. The monoisotopic (exact) mass is 780 g/mol. The number of ether oxygens (including phenoxy) is 1. The molecule has 0 aliphatic rings. The quantitative estimate of drug-likeness (QED) is 0.0494. The fourth-order valence-corrected chi connectivity index (χ4v) is 7.77. The molecule has 0 rings (SSSR count). The SMILES string of the molecule is CCCC(N)CCC.CCCCCCCCCCCCCCCCCC(=O)CC(CCC)CCC.CCCCCCCCCCCCCCCCCOC=O. The molecule has 0 spiro atoms. The van der Waals surface area contributed by atoms with Crippen molar-refractivity contribution >= 4 is 12.3 Å². The third-order valence-electron chi connectivity index (χ3n) is 11.2. The maximum atomic E-state index is 12.1. The van der Waals surface area contributed by atoms with Crippen LogP contribution in [-0.2, 0) is 14.3 Å². The third kappa shape index (κ3) is 57.5. The predicted octanol–water partition coefficient (Wildman–Crippen LogP) is 17.4. The zero-order chi connectivity index (χ0) is 41.1. The third-order valence-corrected chi connectivity index (χ3v) is 11.2. The highest BCUT2D eigenvalue weighted by Gasteiger charge is 2.12. The topological polar surface area (TPSA) is 69.4 Å². The summed E-state index contributed by atoms with van der Waals surface area (Å²) in [4.78, 5) is 22.1. The molecule has 332 valence electrons. The van der Waals surface area contributed by atoms with Crippen molar-refractivity contribution in [2.75, 3.05) is 6.61 Å². The molecule has 55 heavy (non-hydrogen) atoms. The van der Waals surface area contributed by atoms with Crippen molar-refractivity contribution in [2.45, 2.75) is 304 Å². The first-order valence-electron chi connectivity index (χ1n) is 25.3. The highest BCUT2D eigenvalue weighted by Crippen LogP contribution is 2.20. The number of carbonyl (C=O) groups excluding carboxylic acids is 2. The van der Waals surface area contributed by atoms with Crippen molar-refractivity contribution in [1.82, 2.24) is 0 Å². The smallest absolute Gasteiger partial charge is 0.293 e. The summed E-state index contributed by atoms with van der Waals surface area (Å²) >= 11 is 0. The average Bonchev–Trinajstić information content (AvgIpc) is 3.17. The summed E-state index contributed by atoms with van der Waals surface area (Å²) in [5.74, 6) is 1.18. The van der Waals surface area contributed by atoms with E-state index in [9.17, 15) is 9.59 Å². The lowest BCUT2D eigenvalue weighted by Crippen LogP contribution is -2.18. The summed E-state index contributed by atoms with van der Waals surface area (Å²) < 4.78 is 4.67. The van der Waals surface area contributed by atoms with E-state index in [2.05, 4.69) is 46.3 Å². The molecular weight excluding hydrogens is 675 g/mol. The molecule has 0 aromatic heterocycles. The minimum Gasteiger partial charge on any atom is -0.468 e. The van der Waals surface area contributed by atoms with Crippen molar-refractivity contribution in [1.29, 1.82) is 0 Å². The zero-order valence-electron chi connectivity index (χ0n) is 39.0. The fourth-order valence-electron chi connectivity index (χ4n) is 7.77. The maximum Gasteiger partial charge on any atom is 0.293 e. The Balaban J connectivity index is -0.000000843. The van der Waals surface area contributed by atoms with Gasteiger partial charge in [0.2, 0.25) is 0 Å². The van der Waals surface area contributed by atoms with Gasteiger partial charge in [0.1, 0.15) is 5.78 Å². The minimum atomic E-state index is 0.463. The summed E-state index contributed by atoms with van der Waals surface area (Å²) in [6.45, 7) is 14.5.